The molecule has 1 aromatic heterocycles. The van der Waals surface area contributed by atoms with Crippen molar-refractivity contribution in [3.63, 3.8) is 0 Å². The number of alkyl halides is 3. The molecule has 172 valence electrons. The van der Waals surface area contributed by atoms with Crippen LogP contribution >= 0.6 is 11.3 Å². The van der Waals surface area contributed by atoms with Gasteiger partial charge in [0.05, 0.1) is 28.8 Å². The summed E-state index contributed by atoms with van der Waals surface area (Å²) in [4.78, 5) is 16.6. The van der Waals surface area contributed by atoms with Gasteiger partial charge in [0, 0.05) is 27.4 Å². The molecule has 2 heterocycles. The summed E-state index contributed by atoms with van der Waals surface area (Å²) in [6.45, 7) is 5.84. The highest BCUT2D eigenvalue weighted by Crippen LogP contribution is 2.52. The molecule has 2 aliphatic rings. The van der Waals surface area contributed by atoms with Crippen LogP contribution in [0.4, 0.5) is 18.9 Å². The molecule has 1 aliphatic carbocycles. The summed E-state index contributed by atoms with van der Waals surface area (Å²) in [6, 6.07) is 11.1. The number of nitrogens with two attached hydrogens (primary N) is 1. The second kappa shape index (κ2) is 8.07. The van der Waals surface area contributed by atoms with Crippen LogP contribution in [-0.4, -0.2) is 5.78 Å². The molecule has 0 spiro atoms. The van der Waals surface area contributed by atoms with Gasteiger partial charge in [0.25, 0.3) is 0 Å². The van der Waals surface area contributed by atoms with Crippen LogP contribution in [0.2, 0.25) is 0 Å². The second-order valence-electron chi connectivity index (χ2n) is 9.15. The van der Waals surface area contributed by atoms with Gasteiger partial charge >= 0.3 is 6.18 Å². The Kier molecular flexibility index (Phi) is 5.65. The fourth-order valence-corrected chi connectivity index (χ4v) is 5.79. The van der Waals surface area contributed by atoms with Crippen LogP contribution in [0.25, 0.3) is 0 Å². The zero-order valence-corrected chi connectivity index (χ0v) is 19.4. The van der Waals surface area contributed by atoms with Crippen molar-refractivity contribution in [3.05, 3.63) is 74.4 Å². The Morgan fingerprint density at radius 3 is 2.52 bits per heavy atom. The molecule has 1 aliphatic heterocycles. The van der Waals surface area contributed by atoms with E-state index >= 15 is 0 Å². The number of carbonyl (C=O) groups is 1. The van der Waals surface area contributed by atoms with Gasteiger partial charge in [0.1, 0.15) is 5.82 Å². The van der Waals surface area contributed by atoms with E-state index in [1.807, 2.05) is 32.9 Å². The van der Waals surface area contributed by atoms with Crippen LogP contribution in [0, 0.1) is 16.7 Å². The van der Waals surface area contributed by atoms with Gasteiger partial charge in [0.2, 0.25) is 0 Å². The molecule has 0 unspecified atom stereocenters. The Labute approximate surface area is 194 Å². The number of benzene rings is 1. The maximum Gasteiger partial charge on any atom is 0.418 e. The molecule has 0 fully saturated rings. The van der Waals surface area contributed by atoms with Gasteiger partial charge in [-0.2, -0.15) is 18.4 Å². The maximum atomic E-state index is 13.9. The molecule has 2 aromatic rings. The fraction of sp³-hybridized carbons (Fsp3) is 0.360. The van der Waals surface area contributed by atoms with Gasteiger partial charge in [-0.3, -0.25) is 9.69 Å². The van der Waals surface area contributed by atoms with Gasteiger partial charge in [-0.1, -0.05) is 32.9 Å². The third-order valence-electron chi connectivity index (χ3n) is 6.15. The van der Waals surface area contributed by atoms with E-state index in [4.69, 9.17) is 5.73 Å². The number of anilines is 1. The Morgan fingerprint density at radius 2 is 1.91 bits per heavy atom. The first-order valence-corrected chi connectivity index (χ1v) is 11.5. The summed E-state index contributed by atoms with van der Waals surface area (Å²) in [5.74, 6) is -0.893. The van der Waals surface area contributed by atoms with Crippen molar-refractivity contribution in [2.75, 3.05) is 4.90 Å². The highest BCUT2D eigenvalue weighted by molar-refractivity contribution is 7.12. The number of allylic oxidation sites excluding steroid dienone is 3. The monoisotopic (exact) mass is 471 g/mol. The van der Waals surface area contributed by atoms with Gasteiger partial charge in [-0.25, -0.2) is 0 Å². The summed E-state index contributed by atoms with van der Waals surface area (Å²) >= 11 is 1.50. The number of nitrogens with zero attached hydrogens (tertiary/aromatic N) is 2. The molecule has 33 heavy (non-hydrogen) atoms. The second-order valence-corrected chi connectivity index (χ2v) is 10.4. The summed E-state index contributed by atoms with van der Waals surface area (Å²) in [5.41, 5.74) is 5.89. The number of hydrogen-bond donors (Lipinski definition) is 1. The van der Waals surface area contributed by atoms with Crippen molar-refractivity contribution in [1.29, 1.82) is 5.26 Å². The molecule has 8 heteroatoms. The number of rotatable bonds is 3. The molecule has 0 saturated heterocycles. The topological polar surface area (TPSA) is 70.1 Å². The first-order valence-electron chi connectivity index (χ1n) is 10.7. The SMILES string of the molecule is CCc1ccc([C@@H]2C(C#N)=C(N)N(c3ccccc3C(F)(F)F)C3=C2C(=O)CC(C)(C)C3)s1. The molecule has 4 rings (SSSR count). The number of halogens is 3. The quantitative estimate of drug-likeness (QED) is 0.573. The molecular formula is C25H24F3N3OS. The maximum absolute atomic E-state index is 13.9. The van der Waals surface area contributed by atoms with Crippen LogP contribution in [0.5, 0.6) is 0 Å². The summed E-state index contributed by atoms with van der Waals surface area (Å²) in [6.07, 6.45) is -3.21. The minimum Gasteiger partial charge on any atom is -0.384 e. The van der Waals surface area contributed by atoms with E-state index < -0.39 is 23.1 Å². The lowest BCUT2D eigenvalue weighted by molar-refractivity contribution is -0.137. The third-order valence-corrected chi connectivity index (χ3v) is 7.44. The van der Waals surface area contributed by atoms with Gasteiger partial charge in [-0.15, -0.1) is 11.3 Å². The number of para-hydroxylation sites is 1. The Bertz CT molecular complexity index is 1230. The molecule has 0 amide bonds. The van der Waals surface area contributed by atoms with E-state index in [1.54, 1.807) is 0 Å². The van der Waals surface area contributed by atoms with Crippen molar-refractivity contribution in [1.82, 2.24) is 0 Å². The number of ketones is 1. The van der Waals surface area contributed by atoms with Crippen LogP contribution in [-0.2, 0) is 17.4 Å². The normalized spacial score (nSPS) is 20.7. The predicted molar refractivity (Wildman–Crippen MR) is 122 cm³/mol. The average Bonchev–Trinajstić information content (AvgIpc) is 3.20. The van der Waals surface area contributed by atoms with E-state index in [9.17, 15) is 23.2 Å². The average molecular weight is 472 g/mol. The van der Waals surface area contributed by atoms with E-state index in [2.05, 4.69) is 6.07 Å². The molecule has 0 bridgehead atoms. The molecule has 0 radical (unpaired) electrons. The minimum absolute atomic E-state index is 0.0603. The molecule has 4 nitrogen and oxygen atoms in total. The first kappa shape index (κ1) is 23.1. The number of hydrogen-bond acceptors (Lipinski definition) is 5. The number of thiophene rings is 1. The lowest BCUT2D eigenvalue weighted by Crippen LogP contribution is -2.42. The largest absolute Gasteiger partial charge is 0.418 e. The van der Waals surface area contributed by atoms with E-state index in [1.165, 1.54) is 34.4 Å². The Balaban J connectivity index is 2.03. The standard InChI is InChI=1S/C25H24F3N3OS/c1-4-14-9-10-20(33-14)21-15(13-29)23(30)31(17-8-6-5-7-16(17)25(26,27)28)18-11-24(2,3)12-19(32)22(18)21/h5-10,21H,4,11-12,30H2,1-3H3/t21-/m0/s1. The van der Waals surface area contributed by atoms with Crippen LogP contribution < -0.4 is 10.6 Å². The molecule has 2 N–H and O–H groups in total. The van der Waals surface area contributed by atoms with Gasteiger partial charge in [-0.05, 0) is 42.5 Å². The lowest BCUT2D eigenvalue weighted by Gasteiger charge is -2.44. The van der Waals surface area contributed by atoms with Crippen LogP contribution in [0.15, 0.2) is 59.1 Å². The smallest absolute Gasteiger partial charge is 0.384 e. The van der Waals surface area contributed by atoms with Crippen LogP contribution in [0.3, 0.4) is 0 Å². The third kappa shape index (κ3) is 3.95. The summed E-state index contributed by atoms with van der Waals surface area (Å²) in [5, 5.41) is 10.1. The highest BCUT2D eigenvalue weighted by Gasteiger charge is 2.46. The molecule has 1 atom stereocenters. The van der Waals surface area contributed by atoms with Crippen LogP contribution in [0.1, 0.15) is 54.8 Å². The zero-order chi connectivity index (χ0) is 24.1. The van der Waals surface area contributed by atoms with Gasteiger partial charge in [0.15, 0.2) is 5.78 Å². The van der Waals surface area contributed by atoms with Crippen molar-refractivity contribution < 1.29 is 18.0 Å². The van der Waals surface area contributed by atoms with Crippen molar-refractivity contribution >= 4 is 22.8 Å². The summed E-state index contributed by atoms with van der Waals surface area (Å²) in [7, 11) is 0. The van der Waals surface area contributed by atoms with Gasteiger partial charge < -0.3 is 5.73 Å². The van der Waals surface area contributed by atoms with Crippen molar-refractivity contribution in [2.24, 2.45) is 11.1 Å². The lowest BCUT2D eigenvalue weighted by atomic mass is 9.69. The van der Waals surface area contributed by atoms with E-state index in [0.717, 1.165) is 22.2 Å². The molecular weight excluding hydrogens is 447 g/mol. The molecule has 0 saturated carbocycles. The Hall–Kier alpha value is -3.05. The fourth-order valence-electron chi connectivity index (χ4n) is 4.72. The number of nitriles is 1. The van der Waals surface area contributed by atoms with E-state index in [-0.39, 0.29) is 29.3 Å². The molecule has 1 aromatic carbocycles. The minimum atomic E-state index is -4.63. The first-order chi connectivity index (χ1) is 15.5. The predicted octanol–water partition coefficient (Wildman–Crippen LogP) is 6.27. The number of Topliss-reactive ketones (excluding diaryl/α,β-unsaturated/α-hetero) is 1. The highest BCUT2D eigenvalue weighted by atomic mass is 32.1. The number of aryl methyl sites for hydroxylation is 1. The Morgan fingerprint density at radius 1 is 1.21 bits per heavy atom. The zero-order valence-electron chi connectivity index (χ0n) is 18.6. The summed E-state index contributed by atoms with van der Waals surface area (Å²) < 4.78 is 41.7. The van der Waals surface area contributed by atoms with E-state index in [0.29, 0.717) is 17.7 Å². The van der Waals surface area contributed by atoms with Crippen molar-refractivity contribution in [2.45, 2.75) is 52.1 Å². The number of carbonyl (C=O) groups excluding carboxylic acids is 1. The van der Waals surface area contributed by atoms with Crippen molar-refractivity contribution in [3.8, 4) is 6.07 Å².